The molecule has 1 aliphatic rings. The van der Waals surface area contributed by atoms with Crippen LogP contribution in [0.2, 0.25) is 0 Å². The zero-order valence-electron chi connectivity index (χ0n) is 10.5. The second kappa shape index (κ2) is 4.87. The molecule has 5 heteroatoms. The third-order valence-corrected chi connectivity index (χ3v) is 3.69. The van der Waals surface area contributed by atoms with Crippen LogP contribution >= 0.6 is 0 Å². The number of carbonyl (C=O) groups excluding carboxylic acids is 1. The Morgan fingerprint density at radius 3 is 3.06 bits per heavy atom. The van der Waals surface area contributed by atoms with Crippen molar-refractivity contribution in [2.75, 3.05) is 18.4 Å². The quantitative estimate of drug-likeness (QED) is 0.827. The minimum Gasteiger partial charge on any atom is -0.316 e. The Morgan fingerprint density at radius 2 is 2.53 bits per heavy atom. The van der Waals surface area contributed by atoms with Gasteiger partial charge < -0.3 is 10.6 Å². The second-order valence-corrected chi connectivity index (χ2v) is 4.71. The number of nitrogens with one attached hydrogen (secondary N) is 2. The number of aryl methyl sites for hydroxylation is 1. The van der Waals surface area contributed by atoms with Crippen LogP contribution in [-0.2, 0) is 11.8 Å². The van der Waals surface area contributed by atoms with Gasteiger partial charge in [-0.3, -0.25) is 9.48 Å². The van der Waals surface area contributed by atoms with Gasteiger partial charge in [-0.05, 0) is 25.8 Å². The third kappa shape index (κ3) is 2.34. The van der Waals surface area contributed by atoms with Crippen molar-refractivity contribution in [3.8, 4) is 0 Å². The Balaban J connectivity index is 2.10. The number of nitrogens with zero attached hydrogens (tertiary/aromatic N) is 2. The molecule has 2 N–H and O–H groups in total. The summed E-state index contributed by atoms with van der Waals surface area (Å²) in [7, 11) is 1.83. The fraction of sp³-hybridized carbons (Fsp3) is 0.667. The van der Waals surface area contributed by atoms with Crippen molar-refractivity contribution in [1.29, 1.82) is 0 Å². The molecule has 0 radical (unpaired) electrons. The lowest BCUT2D eigenvalue weighted by Gasteiger charge is -2.35. The number of hydrogen-bond acceptors (Lipinski definition) is 3. The number of rotatable bonds is 3. The predicted octanol–water partition coefficient (Wildman–Crippen LogP) is 1.14. The summed E-state index contributed by atoms with van der Waals surface area (Å²) in [5.41, 5.74) is -0.261. The van der Waals surface area contributed by atoms with E-state index in [0.29, 0.717) is 0 Å². The van der Waals surface area contributed by atoms with Crippen molar-refractivity contribution >= 4 is 11.7 Å². The van der Waals surface area contributed by atoms with E-state index in [1.807, 2.05) is 13.1 Å². The summed E-state index contributed by atoms with van der Waals surface area (Å²) < 4.78 is 1.68. The van der Waals surface area contributed by atoms with Crippen LogP contribution in [0.15, 0.2) is 12.3 Å². The van der Waals surface area contributed by atoms with Crippen LogP contribution in [0.4, 0.5) is 5.82 Å². The van der Waals surface area contributed by atoms with E-state index in [0.717, 1.165) is 38.2 Å². The molecule has 1 unspecified atom stereocenters. The van der Waals surface area contributed by atoms with Crippen molar-refractivity contribution < 1.29 is 4.79 Å². The molecule has 0 bridgehead atoms. The van der Waals surface area contributed by atoms with Gasteiger partial charge in [-0.15, -0.1) is 0 Å². The molecule has 17 heavy (non-hydrogen) atoms. The average molecular weight is 236 g/mol. The molecule has 1 aromatic rings. The maximum atomic E-state index is 12.4. The van der Waals surface area contributed by atoms with Crippen molar-refractivity contribution in [3.05, 3.63) is 12.3 Å². The maximum Gasteiger partial charge on any atom is 0.233 e. The number of anilines is 1. The van der Waals surface area contributed by atoms with E-state index in [2.05, 4.69) is 22.7 Å². The molecule has 1 atom stereocenters. The van der Waals surface area contributed by atoms with Gasteiger partial charge in [0.05, 0.1) is 11.6 Å². The molecular formula is C12H20N4O. The van der Waals surface area contributed by atoms with Gasteiger partial charge in [-0.1, -0.05) is 6.92 Å². The number of carbonyl (C=O) groups is 1. The first kappa shape index (κ1) is 12.1. The molecule has 2 heterocycles. The monoisotopic (exact) mass is 236 g/mol. The molecule has 2 rings (SSSR count). The molecule has 5 nitrogen and oxygen atoms in total. The Morgan fingerprint density at radius 1 is 1.71 bits per heavy atom. The standard InChI is InChI=1S/C12H20N4O/c1-3-12(6-4-7-13-9-12)11(17)15-10-5-8-14-16(10)2/h5,8,13H,3-4,6-7,9H2,1-2H3,(H,15,17). The highest BCUT2D eigenvalue weighted by Crippen LogP contribution is 2.31. The Hall–Kier alpha value is -1.36. The molecule has 1 amide bonds. The number of piperidine rings is 1. The molecule has 1 saturated heterocycles. The highest BCUT2D eigenvalue weighted by atomic mass is 16.2. The van der Waals surface area contributed by atoms with Gasteiger partial charge in [0, 0.05) is 19.7 Å². The summed E-state index contributed by atoms with van der Waals surface area (Å²) in [6, 6.07) is 1.82. The zero-order chi connectivity index (χ0) is 12.3. The number of amides is 1. The minimum atomic E-state index is -0.261. The smallest absolute Gasteiger partial charge is 0.233 e. The first-order valence-corrected chi connectivity index (χ1v) is 6.18. The van der Waals surface area contributed by atoms with E-state index in [1.54, 1.807) is 10.9 Å². The largest absolute Gasteiger partial charge is 0.316 e. The Bertz CT molecular complexity index is 393. The van der Waals surface area contributed by atoms with Crippen LogP contribution in [0, 0.1) is 5.41 Å². The minimum absolute atomic E-state index is 0.107. The normalized spacial score (nSPS) is 24.6. The highest BCUT2D eigenvalue weighted by Gasteiger charge is 2.38. The SMILES string of the molecule is CCC1(C(=O)Nc2ccnn2C)CCCNC1. The van der Waals surface area contributed by atoms with Crippen LogP contribution in [0.3, 0.4) is 0 Å². The second-order valence-electron chi connectivity index (χ2n) is 4.71. The molecular weight excluding hydrogens is 216 g/mol. The third-order valence-electron chi connectivity index (χ3n) is 3.69. The van der Waals surface area contributed by atoms with Crippen molar-refractivity contribution in [1.82, 2.24) is 15.1 Å². The van der Waals surface area contributed by atoms with Crippen molar-refractivity contribution in [3.63, 3.8) is 0 Å². The van der Waals surface area contributed by atoms with Gasteiger partial charge in [0.2, 0.25) is 5.91 Å². The van der Waals surface area contributed by atoms with E-state index in [-0.39, 0.29) is 11.3 Å². The van der Waals surface area contributed by atoms with Gasteiger partial charge in [0.25, 0.3) is 0 Å². The lowest BCUT2D eigenvalue weighted by molar-refractivity contribution is -0.126. The lowest BCUT2D eigenvalue weighted by atomic mass is 9.77. The van der Waals surface area contributed by atoms with Gasteiger partial charge in [-0.25, -0.2) is 0 Å². The number of aromatic nitrogens is 2. The van der Waals surface area contributed by atoms with Gasteiger partial charge in [-0.2, -0.15) is 5.10 Å². The molecule has 0 aromatic carbocycles. The summed E-state index contributed by atoms with van der Waals surface area (Å²) >= 11 is 0. The molecule has 1 fully saturated rings. The van der Waals surface area contributed by atoms with Crippen molar-refractivity contribution in [2.24, 2.45) is 12.5 Å². The van der Waals surface area contributed by atoms with E-state index in [1.165, 1.54) is 0 Å². The molecule has 0 aliphatic carbocycles. The summed E-state index contributed by atoms with van der Waals surface area (Å²) in [5, 5.41) is 10.3. The molecule has 1 aromatic heterocycles. The summed E-state index contributed by atoms with van der Waals surface area (Å²) in [4.78, 5) is 12.4. The van der Waals surface area contributed by atoms with Crippen LogP contribution in [0.25, 0.3) is 0 Å². The first-order valence-electron chi connectivity index (χ1n) is 6.18. The van der Waals surface area contributed by atoms with E-state index in [9.17, 15) is 4.79 Å². The van der Waals surface area contributed by atoms with E-state index in [4.69, 9.17) is 0 Å². The van der Waals surface area contributed by atoms with E-state index < -0.39 is 0 Å². The Labute approximate surface area is 102 Å². The summed E-state index contributed by atoms with van der Waals surface area (Å²) in [6.45, 7) is 3.86. The van der Waals surface area contributed by atoms with Crippen LogP contribution in [0.1, 0.15) is 26.2 Å². The average Bonchev–Trinajstić information content (AvgIpc) is 2.76. The van der Waals surface area contributed by atoms with Gasteiger partial charge in [0.1, 0.15) is 5.82 Å². The van der Waals surface area contributed by atoms with Crippen molar-refractivity contribution in [2.45, 2.75) is 26.2 Å². The van der Waals surface area contributed by atoms with Crippen LogP contribution in [0.5, 0.6) is 0 Å². The van der Waals surface area contributed by atoms with E-state index >= 15 is 0 Å². The number of hydrogen-bond donors (Lipinski definition) is 2. The van der Waals surface area contributed by atoms with Crippen LogP contribution in [-0.4, -0.2) is 28.8 Å². The zero-order valence-corrected chi connectivity index (χ0v) is 10.5. The fourth-order valence-corrected chi connectivity index (χ4v) is 2.37. The summed E-state index contributed by atoms with van der Waals surface area (Å²) in [5.74, 6) is 0.865. The predicted molar refractivity (Wildman–Crippen MR) is 66.7 cm³/mol. The molecule has 0 saturated carbocycles. The molecule has 94 valence electrons. The topological polar surface area (TPSA) is 59.0 Å². The fourth-order valence-electron chi connectivity index (χ4n) is 2.37. The first-order chi connectivity index (χ1) is 8.18. The Kier molecular flexibility index (Phi) is 3.47. The molecule has 0 spiro atoms. The lowest BCUT2D eigenvalue weighted by Crippen LogP contribution is -2.47. The summed E-state index contributed by atoms with van der Waals surface area (Å²) in [6.07, 6.45) is 4.57. The van der Waals surface area contributed by atoms with Gasteiger partial charge >= 0.3 is 0 Å². The highest BCUT2D eigenvalue weighted by molar-refractivity contribution is 5.94. The van der Waals surface area contributed by atoms with Crippen LogP contribution < -0.4 is 10.6 Å². The maximum absolute atomic E-state index is 12.4. The van der Waals surface area contributed by atoms with Gasteiger partial charge in [0.15, 0.2) is 0 Å². The molecule has 1 aliphatic heterocycles.